The van der Waals surface area contributed by atoms with Gasteiger partial charge in [-0.05, 0) is 43.7 Å². The Bertz CT molecular complexity index is 1290. The standard InChI is InChI=1S/C22H22F3N5O3S/c1-12-9-13(2)26-19-18(12)20(32)29-21(28-19)34-11-17(31)27-15-10-14(22(23,24)25)3-4-16(15)30-5-7-33-8-6-30/h3-4,9-10H,5-8,11H2,1-2H3,(H,27,31)(H,26,28,29,32). The number of aryl methyl sites for hydroxylation is 2. The summed E-state index contributed by atoms with van der Waals surface area (Å²) in [5.41, 5.74) is 1.05. The lowest BCUT2D eigenvalue weighted by atomic mass is 10.1. The number of aromatic amines is 1. The Morgan fingerprint density at radius 1 is 1.21 bits per heavy atom. The molecule has 1 aliphatic heterocycles. The zero-order valence-electron chi connectivity index (χ0n) is 18.5. The monoisotopic (exact) mass is 493 g/mol. The molecule has 180 valence electrons. The average Bonchev–Trinajstić information content (AvgIpc) is 2.77. The first-order valence-corrected chi connectivity index (χ1v) is 11.5. The number of fused-ring (bicyclic) bond motifs is 1. The molecule has 2 N–H and O–H groups in total. The lowest BCUT2D eigenvalue weighted by Crippen LogP contribution is -2.37. The molecular weight excluding hydrogens is 471 g/mol. The van der Waals surface area contributed by atoms with Gasteiger partial charge < -0.3 is 19.9 Å². The number of anilines is 2. The van der Waals surface area contributed by atoms with Crippen LogP contribution in [0.5, 0.6) is 0 Å². The first-order chi connectivity index (χ1) is 16.1. The van der Waals surface area contributed by atoms with Gasteiger partial charge in [0.1, 0.15) is 0 Å². The van der Waals surface area contributed by atoms with Crippen LogP contribution < -0.4 is 15.8 Å². The van der Waals surface area contributed by atoms with Gasteiger partial charge in [0.15, 0.2) is 10.8 Å². The molecule has 0 atom stereocenters. The molecule has 0 spiro atoms. The highest BCUT2D eigenvalue weighted by Crippen LogP contribution is 2.36. The van der Waals surface area contributed by atoms with E-state index in [1.165, 1.54) is 6.07 Å². The number of hydrogen-bond acceptors (Lipinski definition) is 7. The predicted octanol–water partition coefficient (Wildman–Crippen LogP) is 3.52. The number of carbonyl (C=O) groups excluding carboxylic acids is 1. The lowest BCUT2D eigenvalue weighted by Gasteiger charge is -2.31. The van der Waals surface area contributed by atoms with E-state index < -0.39 is 17.6 Å². The molecule has 1 amide bonds. The van der Waals surface area contributed by atoms with Gasteiger partial charge in [0.05, 0.1) is 41.3 Å². The topological polar surface area (TPSA) is 100 Å². The zero-order chi connectivity index (χ0) is 24.5. The number of rotatable bonds is 5. The van der Waals surface area contributed by atoms with Gasteiger partial charge >= 0.3 is 6.18 Å². The Labute approximate surface area is 196 Å². The Morgan fingerprint density at radius 2 is 1.94 bits per heavy atom. The molecule has 34 heavy (non-hydrogen) atoms. The van der Waals surface area contributed by atoms with E-state index in [-0.39, 0.29) is 27.8 Å². The fourth-order valence-electron chi connectivity index (χ4n) is 3.74. The van der Waals surface area contributed by atoms with Crippen molar-refractivity contribution < 1.29 is 22.7 Å². The smallest absolute Gasteiger partial charge is 0.378 e. The van der Waals surface area contributed by atoms with Crippen molar-refractivity contribution in [3.63, 3.8) is 0 Å². The SMILES string of the molecule is Cc1cc(C)c2c(=O)[nH]c(SCC(=O)Nc3cc(C(F)(F)F)ccc3N3CCOCC3)nc2n1. The van der Waals surface area contributed by atoms with Crippen LogP contribution in [0.2, 0.25) is 0 Å². The van der Waals surface area contributed by atoms with Crippen molar-refractivity contribution in [1.29, 1.82) is 0 Å². The molecule has 3 aromatic rings. The number of amides is 1. The number of alkyl halides is 3. The summed E-state index contributed by atoms with van der Waals surface area (Å²) >= 11 is 0.965. The van der Waals surface area contributed by atoms with Gasteiger partial charge in [-0.2, -0.15) is 13.2 Å². The first-order valence-electron chi connectivity index (χ1n) is 10.5. The number of ether oxygens (including phenoxy) is 1. The number of morpholine rings is 1. The van der Waals surface area contributed by atoms with Gasteiger partial charge in [0, 0.05) is 18.8 Å². The molecule has 8 nitrogen and oxygen atoms in total. The van der Waals surface area contributed by atoms with Crippen LogP contribution in [0.1, 0.15) is 16.8 Å². The minimum atomic E-state index is -4.55. The molecular formula is C22H22F3N5O3S. The molecule has 1 fully saturated rings. The van der Waals surface area contributed by atoms with Crippen LogP contribution in [0.15, 0.2) is 34.2 Å². The summed E-state index contributed by atoms with van der Waals surface area (Å²) in [5, 5.41) is 3.15. The third kappa shape index (κ3) is 5.33. The highest BCUT2D eigenvalue weighted by molar-refractivity contribution is 7.99. The molecule has 12 heteroatoms. The third-order valence-electron chi connectivity index (χ3n) is 5.27. The highest BCUT2D eigenvalue weighted by Gasteiger charge is 2.32. The minimum absolute atomic E-state index is 0.0650. The molecule has 0 unspecified atom stereocenters. The zero-order valence-corrected chi connectivity index (χ0v) is 19.3. The Morgan fingerprint density at radius 3 is 2.65 bits per heavy atom. The minimum Gasteiger partial charge on any atom is -0.378 e. The molecule has 2 aromatic heterocycles. The van der Waals surface area contributed by atoms with Crippen molar-refractivity contribution in [3.05, 3.63) is 51.4 Å². The van der Waals surface area contributed by atoms with Gasteiger partial charge in [0.2, 0.25) is 5.91 Å². The number of nitrogens with zero attached hydrogens (tertiary/aromatic N) is 3. The lowest BCUT2D eigenvalue weighted by molar-refractivity contribution is -0.137. The van der Waals surface area contributed by atoms with Crippen LogP contribution in [-0.4, -0.2) is 52.9 Å². The maximum atomic E-state index is 13.3. The van der Waals surface area contributed by atoms with Gasteiger partial charge in [0.25, 0.3) is 5.56 Å². The van der Waals surface area contributed by atoms with Gasteiger partial charge in [-0.15, -0.1) is 0 Å². The largest absolute Gasteiger partial charge is 0.416 e. The summed E-state index contributed by atoms with van der Waals surface area (Å²) < 4.78 is 45.1. The number of carbonyl (C=O) groups is 1. The second-order valence-corrected chi connectivity index (χ2v) is 8.78. The van der Waals surface area contributed by atoms with Crippen molar-refractivity contribution in [3.8, 4) is 0 Å². The molecule has 1 saturated heterocycles. The summed E-state index contributed by atoms with van der Waals surface area (Å²) in [6, 6.07) is 5.06. The Balaban J connectivity index is 1.54. The number of nitrogens with one attached hydrogen (secondary N) is 2. The summed E-state index contributed by atoms with van der Waals surface area (Å²) in [5.74, 6) is -0.701. The second-order valence-electron chi connectivity index (χ2n) is 7.82. The second kappa shape index (κ2) is 9.63. The van der Waals surface area contributed by atoms with Crippen molar-refractivity contribution in [1.82, 2.24) is 15.0 Å². The van der Waals surface area contributed by atoms with E-state index in [2.05, 4.69) is 20.3 Å². The van der Waals surface area contributed by atoms with E-state index in [1.807, 2.05) is 4.90 Å². The van der Waals surface area contributed by atoms with Crippen molar-refractivity contribution in [2.45, 2.75) is 25.2 Å². The van der Waals surface area contributed by atoms with E-state index in [9.17, 15) is 22.8 Å². The molecule has 0 radical (unpaired) electrons. The normalized spacial score (nSPS) is 14.4. The van der Waals surface area contributed by atoms with Gasteiger partial charge in [-0.1, -0.05) is 11.8 Å². The van der Waals surface area contributed by atoms with Crippen LogP contribution in [0, 0.1) is 13.8 Å². The summed E-state index contributed by atoms with van der Waals surface area (Å²) in [7, 11) is 0. The molecule has 3 heterocycles. The number of aromatic nitrogens is 3. The summed E-state index contributed by atoms with van der Waals surface area (Å²) in [6.07, 6.45) is -4.55. The van der Waals surface area contributed by atoms with Crippen LogP contribution in [0.25, 0.3) is 11.0 Å². The van der Waals surface area contributed by atoms with Crippen molar-refractivity contribution in [2.24, 2.45) is 0 Å². The quantitative estimate of drug-likeness (QED) is 0.414. The van der Waals surface area contributed by atoms with Crippen LogP contribution in [-0.2, 0) is 15.7 Å². The number of thioether (sulfide) groups is 1. The number of hydrogen-bond donors (Lipinski definition) is 2. The molecule has 1 aromatic carbocycles. The molecule has 4 rings (SSSR count). The van der Waals surface area contributed by atoms with Gasteiger partial charge in [-0.3, -0.25) is 9.59 Å². The first kappa shape index (κ1) is 24.0. The Hall–Kier alpha value is -3.12. The fraction of sp³-hybridized carbons (Fsp3) is 0.364. The fourth-order valence-corrected chi connectivity index (χ4v) is 4.40. The predicted molar refractivity (Wildman–Crippen MR) is 123 cm³/mol. The summed E-state index contributed by atoms with van der Waals surface area (Å²) in [6.45, 7) is 5.45. The van der Waals surface area contributed by atoms with E-state index in [0.717, 1.165) is 29.5 Å². The number of H-pyrrole nitrogens is 1. The number of benzene rings is 1. The van der Waals surface area contributed by atoms with Crippen molar-refractivity contribution in [2.75, 3.05) is 42.3 Å². The molecule has 0 bridgehead atoms. The molecule has 0 saturated carbocycles. The highest BCUT2D eigenvalue weighted by atomic mass is 32.2. The van der Waals surface area contributed by atoms with E-state index >= 15 is 0 Å². The van der Waals surface area contributed by atoms with Gasteiger partial charge in [-0.25, -0.2) is 9.97 Å². The van der Waals surface area contributed by atoms with E-state index in [0.29, 0.717) is 43.1 Å². The van der Waals surface area contributed by atoms with Crippen LogP contribution in [0.3, 0.4) is 0 Å². The number of pyridine rings is 1. The van der Waals surface area contributed by atoms with E-state index in [1.54, 1.807) is 19.9 Å². The molecule has 0 aliphatic carbocycles. The van der Waals surface area contributed by atoms with E-state index in [4.69, 9.17) is 4.74 Å². The van der Waals surface area contributed by atoms with Crippen LogP contribution >= 0.6 is 11.8 Å². The average molecular weight is 494 g/mol. The van der Waals surface area contributed by atoms with Crippen molar-refractivity contribution >= 4 is 40.1 Å². The summed E-state index contributed by atoms with van der Waals surface area (Å²) in [4.78, 5) is 38.2. The van der Waals surface area contributed by atoms with Crippen LogP contribution in [0.4, 0.5) is 24.5 Å². The maximum Gasteiger partial charge on any atom is 0.416 e. The Kier molecular flexibility index (Phi) is 6.80. The third-order valence-corrected chi connectivity index (χ3v) is 6.14. The number of halogens is 3. The molecule has 1 aliphatic rings. The maximum absolute atomic E-state index is 13.3.